The number of rotatable bonds is 6. The van der Waals surface area contributed by atoms with E-state index in [-0.39, 0.29) is 11.8 Å². The molecule has 1 heterocycles. The third-order valence-corrected chi connectivity index (χ3v) is 3.27. The molecule has 21 heavy (non-hydrogen) atoms. The zero-order valence-electron chi connectivity index (χ0n) is 12.6. The summed E-state index contributed by atoms with van der Waals surface area (Å²) in [5.74, 6) is 0.749. The summed E-state index contributed by atoms with van der Waals surface area (Å²) < 4.78 is 1.85. The van der Waals surface area contributed by atoms with Crippen LogP contribution < -0.4 is 10.6 Å². The highest BCUT2D eigenvalue weighted by molar-refractivity contribution is 5.92. The van der Waals surface area contributed by atoms with Gasteiger partial charge in [0.15, 0.2) is 5.82 Å². The third-order valence-electron chi connectivity index (χ3n) is 3.27. The Balaban J connectivity index is 2.00. The largest absolute Gasteiger partial charge is 0.326 e. The molecule has 6 nitrogen and oxygen atoms in total. The summed E-state index contributed by atoms with van der Waals surface area (Å²) in [6.07, 6.45) is 1.66. The Morgan fingerprint density at radius 1 is 1.33 bits per heavy atom. The molecule has 0 aliphatic heterocycles. The van der Waals surface area contributed by atoms with E-state index in [0.717, 1.165) is 23.6 Å². The molecule has 0 aliphatic carbocycles. The second-order valence-corrected chi connectivity index (χ2v) is 5.04. The molecule has 0 aliphatic rings. The van der Waals surface area contributed by atoms with Gasteiger partial charge in [-0.1, -0.05) is 13.8 Å². The second-order valence-electron chi connectivity index (χ2n) is 5.04. The number of hydrogen-bond acceptors (Lipinski definition) is 4. The Labute approximate surface area is 124 Å². The van der Waals surface area contributed by atoms with Crippen molar-refractivity contribution in [1.82, 2.24) is 20.1 Å². The monoisotopic (exact) mass is 287 g/mol. The van der Waals surface area contributed by atoms with Crippen molar-refractivity contribution in [3.63, 3.8) is 0 Å². The Morgan fingerprint density at radius 3 is 2.62 bits per heavy atom. The number of aryl methyl sites for hydroxylation is 1. The molecule has 6 heteroatoms. The SMILES string of the molecule is CCNCC(C)C(=O)Nc1ccc(-c2nncn2C)cc1. The van der Waals surface area contributed by atoms with E-state index in [1.165, 1.54) is 0 Å². The van der Waals surface area contributed by atoms with Crippen molar-refractivity contribution in [2.75, 3.05) is 18.4 Å². The summed E-state index contributed by atoms with van der Waals surface area (Å²) in [5, 5.41) is 14.0. The molecule has 0 spiro atoms. The lowest BCUT2D eigenvalue weighted by Crippen LogP contribution is -2.30. The van der Waals surface area contributed by atoms with E-state index in [9.17, 15) is 4.79 Å². The van der Waals surface area contributed by atoms with E-state index in [0.29, 0.717) is 6.54 Å². The van der Waals surface area contributed by atoms with Gasteiger partial charge in [-0.25, -0.2) is 0 Å². The molecule has 1 amide bonds. The number of benzene rings is 1. The highest BCUT2D eigenvalue weighted by Gasteiger charge is 2.12. The zero-order valence-corrected chi connectivity index (χ0v) is 12.6. The van der Waals surface area contributed by atoms with Crippen LogP contribution in [0.4, 0.5) is 5.69 Å². The van der Waals surface area contributed by atoms with Gasteiger partial charge in [0.2, 0.25) is 5.91 Å². The van der Waals surface area contributed by atoms with Crippen LogP contribution in [0.2, 0.25) is 0 Å². The van der Waals surface area contributed by atoms with E-state index >= 15 is 0 Å². The summed E-state index contributed by atoms with van der Waals surface area (Å²) in [5.41, 5.74) is 1.75. The lowest BCUT2D eigenvalue weighted by atomic mass is 10.1. The summed E-state index contributed by atoms with van der Waals surface area (Å²) in [6.45, 7) is 5.48. The highest BCUT2D eigenvalue weighted by Crippen LogP contribution is 2.18. The molecule has 2 N–H and O–H groups in total. The van der Waals surface area contributed by atoms with Gasteiger partial charge in [0.25, 0.3) is 0 Å². The Morgan fingerprint density at radius 2 is 2.05 bits per heavy atom. The fraction of sp³-hybridized carbons (Fsp3) is 0.400. The Bertz CT molecular complexity index is 590. The molecular formula is C15H21N5O. The highest BCUT2D eigenvalue weighted by atomic mass is 16.1. The van der Waals surface area contributed by atoms with Crippen LogP contribution in [0.15, 0.2) is 30.6 Å². The van der Waals surface area contributed by atoms with Gasteiger partial charge in [0.05, 0.1) is 0 Å². The average molecular weight is 287 g/mol. The van der Waals surface area contributed by atoms with Gasteiger partial charge in [-0.05, 0) is 30.8 Å². The number of carbonyl (C=O) groups excluding carboxylic acids is 1. The first-order valence-electron chi connectivity index (χ1n) is 7.07. The maximum Gasteiger partial charge on any atom is 0.228 e. The predicted octanol–water partition coefficient (Wildman–Crippen LogP) is 1.67. The fourth-order valence-corrected chi connectivity index (χ4v) is 1.97. The van der Waals surface area contributed by atoms with E-state index in [4.69, 9.17) is 0 Å². The molecule has 0 saturated heterocycles. The number of aromatic nitrogens is 3. The van der Waals surface area contributed by atoms with E-state index in [2.05, 4.69) is 20.8 Å². The molecule has 2 rings (SSSR count). The van der Waals surface area contributed by atoms with Crippen LogP contribution >= 0.6 is 0 Å². The van der Waals surface area contributed by atoms with Gasteiger partial charge in [0.1, 0.15) is 6.33 Å². The normalized spacial score (nSPS) is 12.1. The first-order valence-corrected chi connectivity index (χ1v) is 7.07. The van der Waals surface area contributed by atoms with Crippen molar-refractivity contribution in [3.8, 4) is 11.4 Å². The van der Waals surface area contributed by atoms with Crippen molar-refractivity contribution >= 4 is 11.6 Å². The van der Waals surface area contributed by atoms with Crippen LogP contribution in [-0.2, 0) is 11.8 Å². The van der Waals surface area contributed by atoms with Crippen molar-refractivity contribution in [2.24, 2.45) is 13.0 Å². The number of nitrogens with one attached hydrogen (secondary N) is 2. The van der Waals surface area contributed by atoms with Crippen LogP contribution in [0, 0.1) is 5.92 Å². The summed E-state index contributed by atoms with van der Waals surface area (Å²) in [7, 11) is 1.90. The molecule has 0 saturated carbocycles. The van der Waals surface area contributed by atoms with Crippen molar-refractivity contribution in [1.29, 1.82) is 0 Å². The molecule has 0 bridgehead atoms. The quantitative estimate of drug-likeness (QED) is 0.847. The molecule has 0 radical (unpaired) electrons. The Hall–Kier alpha value is -2.21. The van der Waals surface area contributed by atoms with Gasteiger partial charge in [0, 0.05) is 30.8 Å². The minimum Gasteiger partial charge on any atom is -0.326 e. The van der Waals surface area contributed by atoms with Gasteiger partial charge < -0.3 is 15.2 Å². The molecule has 0 fully saturated rings. The van der Waals surface area contributed by atoms with Crippen LogP contribution in [0.5, 0.6) is 0 Å². The van der Waals surface area contributed by atoms with Crippen LogP contribution in [0.3, 0.4) is 0 Å². The lowest BCUT2D eigenvalue weighted by molar-refractivity contribution is -0.119. The van der Waals surface area contributed by atoms with Gasteiger partial charge in [-0.15, -0.1) is 10.2 Å². The standard InChI is InChI=1S/C15H21N5O/c1-4-16-9-11(2)15(21)18-13-7-5-12(6-8-13)14-19-17-10-20(14)3/h5-8,10-11,16H,4,9H2,1-3H3,(H,18,21). The molecule has 2 aromatic rings. The lowest BCUT2D eigenvalue weighted by Gasteiger charge is -2.12. The molecular weight excluding hydrogens is 266 g/mol. The van der Waals surface area contributed by atoms with Gasteiger partial charge >= 0.3 is 0 Å². The predicted molar refractivity (Wildman–Crippen MR) is 82.8 cm³/mol. The number of anilines is 1. The third kappa shape index (κ3) is 3.88. The average Bonchev–Trinajstić information content (AvgIpc) is 2.91. The smallest absolute Gasteiger partial charge is 0.228 e. The van der Waals surface area contributed by atoms with E-state index < -0.39 is 0 Å². The first-order chi connectivity index (χ1) is 10.1. The van der Waals surface area contributed by atoms with Crippen molar-refractivity contribution in [2.45, 2.75) is 13.8 Å². The van der Waals surface area contributed by atoms with E-state index in [1.807, 2.05) is 49.7 Å². The Kier molecular flexibility index (Phi) is 5.05. The van der Waals surface area contributed by atoms with Crippen molar-refractivity contribution < 1.29 is 4.79 Å². The van der Waals surface area contributed by atoms with Crippen LogP contribution in [0.25, 0.3) is 11.4 Å². The first kappa shape index (κ1) is 15.2. The number of nitrogens with zero attached hydrogens (tertiary/aromatic N) is 3. The minimum absolute atomic E-state index is 0.0161. The number of carbonyl (C=O) groups is 1. The zero-order chi connectivity index (χ0) is 15.2. The maximum atomic E-state index is 12.0. The maximum absolute atomic E-state index is 12.0. The summed E-state index contributed by atoms with van der Waals surface area (Å²) in [6, 6.07) is 7.60. The second kappa shape index (κ2) is 6.99. The number of hydrogen-bond donors (Lipinski definition) is 2. The molecule has 1 aromatic heterocycles. The molecule has 1 unspecified atom stereocenters. The van der Waals surface area contributed by atoms with Gasteiger partial charge in [-0.3, -0.25) is 4.79 Å². The number of amides is 1. The van der Waals surface area contributed by atoms with Crippen LogP contribution in [0.1, 0.15) is 13.8 Å². The molecule has 1 atom stereocenters. The van der Waals surface area contributed by atoms with Gasteiger partial charge in [-0.2, -0.15) is 0 Å². The fourth-order valence-electron chi connectivity index (χ4n) is 1.97. The minimum atomic E-state index is -0.0663. The van der Waals surface area contributed by atoms with Crippen LogP contribution in [-0.4, -0.2) is 33.8 Å². The van der Waals surface area contributed by atoms with E-state index in [1.54, 1.807) is 6.33 Å². The molecule has 112 valence electrons. The summed E-state index contributed by atoms with van der Waals surface area (Å²) in [4.78, 5) is 12.0. The van der Waals surface area contributed by atoms with Crippen molar-refractivity contribution in [3.05, 3.63) is 30.6 Å². The molecule has 1 aromatic carbocycles. The summed E-state index contributed by atoms with van der Waals surface area (Å²) >= 11 is 0. The topological polar surface area (TPSA) is 71.8 Å².